The average molecular weight is 407 g/mol. The van der Waals surface area contributed by atoms with Gasteiger partial charge in [0.2, 0.25) is 0 Å². The van der Waals surface area contributed by atoms with Gasteiger partial charge in [-0.05, 0) is 35.7 Å². The Morgan fingerprint density at radius 2 is 1.63 bits per heavy atom. The predicted molar refractivity (Wildman–Crippen MR) is 111 cm³/mol. The molecule has 3 aromatic rings. The molecule has 0 saturated heterocycles. The van der Waals surface area contributed by atoms with E-state index in [4.69, 9.17) is 9.47 Å². The first-order valence-electron chi connectivity index (χ1n) is 9.45. The molecule has 1 atom stereocenters. The Morgan fingerprint density at radius 3 is 2.27 bits per heavy atom. The summed E-state index contributed by atoms with van der Waals surface area (Å²) in [5.41, 5.74) is 2.01. The second-order valence-electron chi connectivity index (χ2n) is 6.65. The number of hydrogen-bond acceptors (Lipinski definition) is 4. The number of esters is 1. The molecule has 0 aliphatic rings. The van der Waals surface area contributed by atoms with Gasteiger partial charge in [0.15, 0.2) is 18.2 Å². The molecule has 0 aliphatic carbocycles. The molecule has 30 heavy (non-hydrogen) atoms. The molecule has 0 radical (unpaired) electrons. The highest BCUT2D eigenvalue weighted by molar-refractivity contribution is 5.91. The van der Waals surface area contributed by atoms with Crippen LogP contribution >= 0.6 is 0 Å². The van der Waals surface area contributed by atoms with Crippen LogP contribution in [0.15, 0.2) is 78.9 Å². The van der Waals surface area contributed by atoms with Gasteiger partial charge in [-0.3, -0.25) is 4.79 Å². The summed E-state index contributed by atoms with van der Waals surface area (Å²) >= 11 is 0. The fourth-order valence-electron chi connectivity index (χ4n) is 3.03. The fraction of sp³-hybridized carbons (Fsp3) is 0.167. The molecule has 0 aliphatic heterocycles. The van der Waals surface area contributed by atoms with Crippen LogP contribution in [0.5, 0.6) is 5.75 Å². The number of carbonyl (C=O) groups excluding carboxylic acids is 2. The van der Waals surface area contributed by atoms with E-state index >= 15 is 0 Å². The van der Waals surface area contributed by atoms with E-state index < -0.39 is 24.3 Å². The van der Waals surface area contributed by atoms with Crippen LogP contribution in [0.4, 0.5) is 4.39 Å². The van der Waals surface area contributed by atoms with Crippen molar-refractivity contribution in [1.82, 2.24) is 5.32 Å². The smallest absolute Gasteiger partial charge is 0.338 e. The van der Waals surface area contributed by atoms with Crippen molar-refractivity contribution in [2.75, 3.05) is 13.7 Å². The molecule has 5 nitrogen and oxygen atoms in total. The van der Waals surface area contributed by atoms with Crippen molar-refractivity contribution in [3.63, 3.8) is 0 Å². The minimum Gasteiger partial charge on any atom is -0.494 e. The summed E-state index contributed by atoms with van der Waals surface area (Å²) in [5.74, 6) is -1.88. The Morgan fingerprint density at radius 1 is 0.967 bits per heavy atom. The molecular formula is C24H22FNO4. The van der Waals surface area contributed by atoms with Crippen molar-refractivity contribution >= 4 is 11.9 Å². The van der Waals surface area contributed by atoms with Gasteiger partial charge in [0.1, 0.15) is 0 Å². The third-order valence-corrected chi connectivity index (χ3v) is 4.54. The quantitative estimate of drug-likeness (QED) is 0.571. The van der Waals surface area contributed by atoms with Crippen LogP contribution in [-0.2, 0) is 16.0 Å². The standard InChI is InChI=1S/C24H22FNO4/c1-29-22-13-12-19(15-20(22)25)24(28)30-16-23(27)26-21(18-10-6-3-7-11-18)14-17-8-4-2-5-9-17/h2-13,15,21H,14,16H2,1H3,(H,26,27)/t21-/m0/s1. The monoisotopic (exact) mass is 407 g/mol. The second-order valence-corrected chi connectivity index (χ2v) is 6.65. The topological polar surface area (TPSA) is 64.6 Å². The maximum atomic E-state index is 13.8. The summed E-state index contributed by atoms with van der Waals surface area (Å²) in [6, 6.07) is 22.8. The van der Waals surface area contributed by atoms with Crippen LogP contribution in [0.2, 0.25) is 0 Å². The summed E-state index contributed by atoms with van der Waals surface area (Å²) in [4.78, 5) is 24.6. The van der Waals surface area contributed by atoms with Gasteiger partial charge in [-0.1, -0.05) is 60.7 Å². The molecule has 154 valence electrons. The lowest BCUT2D eigenvalue weighted by atomic mass is 9.99. The molecular weight excluding hydrogens is 385 g/mol. The van der Waals surface area contributed by atoms with E-state index in [1.165, 1.54) is 19.2 Å². The molecule has 0 fully saturated rings. The van der Waals surface area contributed by atoms with Crippen LogP contribution < -0.4 is 10.1 Å². The zero-order valence-electron chi connectivity index (χ0n) is 16.5. The van der Waals surface area contributed by atoms with Crippen LogP contribution in [0.3, 0.4) is 0 Å². The van der Waals surface area contributed by atoms with Gasteiger partial charge < -0.3 is 14.8 Å². The lowest BCUT2D eigenvalue weighted by molar-refractivity contribution is -0.125. The van der Waals surface area contributed by atoms with E-state index in [0.717, 1.165) is 17.2 Å². The molecule has 1 amide bonds. The number of carbonyl (C=O) groups is 2. The molecule has 0 saturated carbocycles. The number of ether oxygens (including phenoxy) is 2. The first kappa shape index (κ1) is 21.0. The van der Waals surface area contributed by atoms with Crippen LogP contribution in [0.25, 0.3) is 0 Å². The number of halogens is 1. The number of methoxy groups -OCH3 is 1. The van der Waals surface area contributed by atoms with Gasteiger partial charge >= 0.3 is 5.97 Å². The van der Waals surface area contributed by atoms with Crippen molar-refractivity contribution in [3.05, 3.63) is 101 Å². The number of benzene rings is 3. The Balaban J connectivity index is 1.63. The molecule has 0 heterocycles. The highest BCUT2D eigenvalue weighted by Crippen LogP contribution is 2.19. The first-order valence-corrected chi connectivity index (χ1v) is 9.45. The van der Waals surface area contributed by atoms with Crippen molar-refractivity contribution in [2.45, 2.75) is 12.5 Å². The number of hydrogen-bond donors (Lipinski definition) is 1. The lowest BCUT2D eigenvalue weighted by Gasteiger charge is -2.19. The molecule has 3 rings (SSSR count). The van der Waals surface area contributed by atoms with E-state index in [9.17, 15) is 14.0 Å². The minimum absolute atomic E-state index is 0.00462. The third kappa shape index (κ3) is 5.67. The van der Waals surface area contributed by atoms with Crippen molar-refractivity contribution < 1.29 is 23.5 Å². The highest BCUT2D eigenvalue weighted by atomic mass is 19.1. The molecule has 1 N–H and O–H groups in total. The van der Waals surface area contributed by atoms with E-state index in [2.05, 4.69) is 5.32 Å². The fourth-order valence-corrected chi connectivity index (χ4v) is 3.03. The lowest BCUT2D eigenvalue weighted by Crippen LogP contribution is -2.33. The largest absolute Gasteiger partial charge is 0.494 e. The average Bonchev–Trinajstić information content (AvgIpc) is 2.78. The number of amides is 1. The highest BCUT2D eigenvalue weighted by Gasteiger charge is 2.18. The zero-order chi connectivity index (χ0) is 21.3. The van der Waals surface area contributed by atoms with E-state index in [0.29, 0.717) is 6.42 Å². The first-order chi connectivity index (χ1) is 14.6. The second kappa shape index (κ2) is 10.2. The molecule has 0 bridgehead atoms. The minimum atomic E-state index is -0.786. The third-order valence-electron chi connectivity index (χ3n) is 4.54. The summed E-state index contributed by atoms with van der Waals surface area (Å²) in [6.45, 7) is -0.468. The molecule has 0 unspecified atom stereocenters. The van der Waals surface area contributed by atoms with Gasteiger partial charge in [0.25, 0.3) is 5.91 Å². The van der Waals surface area contributed by atoms with Gasteiger partial charge in [-0.2, -0.15) is 0 Å². The molecule has 3 aromatic carbocycles. The molecule has 0 aromatic heterocycles. The number of nitrogens with one attached hydrogen (secondary N) is 1. The summed E-state index contributed by atoms with van der Waals surface area (Å²) in [6.07, 6.45) is 0.591. The Hall–Kier alpha value is -3.67. The zero-order valence-corrected chi connectivity index (χ0v) is 16.5. The van der Waals surface area contributed by atoms with Gasteiger partial charge in [-0.25, -0.2) is 9.18 Å². The van der Waals surface area contributed by atoms with E-state index in [1.54, 1.807) is 0 Å². The van der Waals surface area contributed by atoms with Gasteiger partial charge in [0, 0.05) is 0 Å². The van der Waals surface area contributed by atoms with Crippen molar-refractivity contribution in [3.8, 4) is 5.75 Å². The predicted octanol–water partition coefficient (Wildman–Crippen LogP) is 4.09. The SMILES string of the molecule is COc1ccc(C(=O)OCC(=O)N[C@@H](Cc2ccccc2)c2ccccc2)cc1F. The summed E-state index contributed by atoms with van der Waals surface area (Å²) in [5, 5.41) is 2.91. The van der Waals surface area contributed by atoms with Crippen molar-refractivity contribution in [1.29, 1.82) is 0 Å². The summed E-state index contributed by atoms with van der Waals surface area (Å²) < 4.78 is 23.6. The van der Waals surface area contributed by atoms with E-state index in [-0.39, 0.29) is 17.4 Å². The van der Waals surface area contributed by atoms with Crippen LogP contribution in [0.1, 0.15) is 27.5 Å². The van der Waals surface area contributed by atoms with E-state index in [1.807, 2.05) is 60.7 Å². The number of rotatable bonds is 8. The molecule has 0 spiro atoms. The van der Waals surface area contributed by atoms with Gasteiger partial charge in [0.05, 0.1) is 18.7 Å². The Kier molecular flexibility index (Phi) is 7.16. The van der Waals surface area contributed by atoms with Gasteiger partial charge in [-0.15, -0.1) is 0 Å². The summed E-state index contributed by atoms with van der Waals surface area (Å²) in [7, 11) is 1.33. The Labute approximate surface area is 174 Å². The normalized spacial score (nSPS) is 11.4. The van der Waals surface area contributed by atoms with Crippen LogP contribution in [0, 0.1) is 5.82 Å². The van der Waals surface area contributed by atoms with Crippen molar-refractivity contribution in [2.24, 2.45) is 0 Å². The maximum Gasteiger partial charge on any atom is 0.338 e. The maximum absolute atomic E-state index is 13.8. The molecule has 6 heteroatoms. The van der Waals surface area contributed by atoms with Crippen LogP contribution in [-0.4, -0.2) is 25.6 Å². The Bertz CT molecular complexity index is 993.